The summed E-state index contributed by atoms with van der Waals surface area (Å²) in [5.41, 5.74) is 2.11. The second-order valence-electron chi connectivity index (χ2n) is 7.12. The minimum atomic E-state index is 0.105. The van der Waals surface area contributed by atoms with Crippen LogP contribution in [0.5, 0.6) is 0 Å². The van der Waals surface area contributed by atoms with Crippen molar-refractivity contribution >= 4 is 0 Å². The monoisotopic (exact) mass is 328 g/mol. The smallest absolute Gasteiger partial charge is 0.253 e. The van der Waals surface area contributed by atoms with E-state index in [1.165, 1.54) is 12.8 Å². The minimum absolute atomic E-state index is 0.105. The number of likely N-dealkylation sites (tertiary alicyclic amines) is 1. The van der Waals surface area contributed by atoms with E-state index < -0.39 is 0 Å². The zero-order valence-corrected chi connectivity index (χ0v) is 14.1. The van der Waals surface area contributed by atoms with E-state index in [1.54, 1.807) is 21.8 Å². The number of hydrogen-bond donors (Lipinski definition) is 0. The Kier molecular flexibility index (Phi) is 4.18. The maximum Gasteiger partial charge on any atom is 0.253 e. The van der Waals surface area contributed by atoms with E-state index in [-0.39, 0.29) is 5.56 Å². The molecule has 3 heterocycles. The van der Waals surface area contributed by atoms with Gasteiger partial charge in [-0.25, -0.2) is 4.98 Å². The summed E-state index contributed by atoms with van der Waals surface area (Å²) >= 11 is 0. The third kappa shape index (κ3) is 3.56. The van der Waals surface area contributed by atoms with Gasteiger partial charge in [-0.05, 0) is 44.7 Å². The van der Waals surface area contributed by atoms with Gasteiger partial charge in [0.15, 0.2) is 0 Å². The minimum Gasteiger partial charge on any atom is -0.299 e. The first kappa shape index (κ1) is 15.5. The lowest BCUT2D eigenvalue weighted by molar-refractivity contribution is 0.164. The summed E-state index contributed by atoms with van der Waals surface area (Å²) in [6, 6.07) is 1.74. The van der Waals surface area contributed by atoms with E-state index in [1.807, 2.05) is 13.2 Å². The van der Waals surface area contributed by atoms with Crippen LogP contribution >= 0.6 is 0 Å². The lowest BCUT2D eigenvalue weighted by atomic mass is 9.96. The van der Waals surface area contributed by atoms with Crippen molar-refractivity contribution in [1.82, 2.24) is 29.4 Å². The average Bonchev–Trinajstić information content (AvgIpc) is 3.34. The Morgan fingerprint density at radius 1 is 1.21 bits per heavy atom. The van der Waals surface area contributed by atoms with Gasteiger partial charge in [-0.15, -0.1) is 0 Å². The van der Waals surface area contributed by atoms with Crippen LogP contribution in [0.25, 0.3) is 0 Å². The first-order valence-electron chi connectivity index (χ1n) is 8.81. The lowest BCUT2D eigenvalue weighted by Gasteiger charge is -2.31. The van der Waals surface area contributed by atoms with Crippen LogP contribution in [0.4, 0.5) is 0 Å². The Hall–Kier alpha value is -2.02. The predicted molar refractivity (Wildman–Crippen MR) is 89.5 cm³/mol. The normalized spacial score (nSPS) is 19.7. The van der Waals surface area contributed by atoms with Gasteiger partial charge in [-0.3, -0.25) is 14.3 Å². The number of aromatic nitrogens is 5. The molecule has 0 unspecified atom stereocenters. The summed E-state index contributed by atoms with van der Waals surface area (Å²) < 4.78 is 1.79. The zero-order valence-electron chi connectivity index (χ0n) is 14.1. The Morgan fingerprint density at radius 2 is 2.00 bits per heavy atom. The molecule has 7 nitrogen and oxygen atoms in total. The van der Waals surface area contributed by atoms with Crippen LogP contribution < -0.4 is 5.56 Å². The van der Waals surface area contributed by atoms with Crippen LogP contribution in [0.15, 0.2) is 23.4 Å². The van der Waals surface area contributed by atoms with Gasteiger partial charge in [-0.1, -0.05) is 0 Å². The van der Waals surface area contributed by atoms with Gasteiger partial charge >= 0.3 is 0 Å². The summed E-state index contributed by atoms with van der Waals surface area (Å²) in [5, 5.41) is 8.46. The van der Waals surface area contributed by atoms with Crippen molar-refractivity contribution in [3.8, 4) is 0 Å². The van der Waals surface area contributed by atoms with Crippen LogP contribution in [0.2, 0.25) is 0 Å². The first-order valence-corrected chi connectivity index (χ1v) is 8.81. The largest absolute Gasteiger partial charge is 0.299 e. The standard InChI is InChI=1S/C17H24N6O/c1-21-19-9-15(20-21)11-22-6-4-13(5-7-22)10-23-12-18-16(8-17(23)24)14-2-3-14/h8-9,12-14H,2-7,10-11H2,1H3. The lowest BCUT2D eigenvalue weighted by Crippen LogP contribution is -2.36. The molecule has 1 saturated heterocycles. The summed E-state index contributed by atoms with van der Waals surface area (Å²) in [5.74, 6) is 1.09. The van der Waals surface area contributed by atoms with E-state index in [0.29, 0.717) is 11.8 Å². The Bertz CT molecular complexity index is 754. The molecule has 128 valence electrons. The molecule has 7 heteroatoms. The highest BCUT2D eigenvalue weighted by molar-refractivity contribution is 5.12. The molecule has 2 fully saturated rings. The molecule has 0 bridgehead atoms. The topological polar surface area (TPSA) is 68.8 Å². The quantitative estimate of drug-likeness (QED) is 0.824. The number of piperidine rings is 1. The van der Waals surface area contributed by atoms with Crippen molar-refractivity contribution < 1.29 is 0 Å². The molecule has 24 heavy (non-hydrogen) atoms. The second-order valence-corrected chi connectivity index (χ2v) is 7.12. The van der Waals surface area contributed by atoms with Crippen molar-refractivity contribution in [1.29, 1.82) is 0 Å². The number of nitrogens with zero attached hydrogens (tertiary/aromatic N) is 6. The van der Waals surface area contributed by atoms with Crippen molar-refractivity contribution in [3.05, 3.63) is 40.3 Å². The van der Waals surface area contributed by atoms with Crippen molar-refractivity contribution in [3.63, 3.8) is 0 Å². The Morgan fingerprint density at radius 3 is 2.62 bits per heavy atom. The average molecular weight is 328 g/mol. The summed E-state index contributed by atoms with van der Waals surface area (Å²) in [6.45, 7) is 3.74. The van der Waals surface area contributed by atoms with E-state index in [2.05, 4.69) is 20.1 Å². The molecule has 0 amide bonds. The molecule has 2 aromatic heterocycles. The highest BCUT2D eigenvalue weighted by Gasteiger charge is 2.26. The maximum atomic E-state index is 12.2. The van der Waals surface area contributed by atoms with E-state index >= 15 is 0 Å². The van der Waals surface area contributed by atoms with Gasteiger partial charge in [0.2, 0.25) is 0 Å². The molecule has 0 atom stereocenters. The van der Waals surface area contributed by atoms with Gasteiger partial charge in [0.25, 0.3) is 5.56 Å². The van der Waals surface area contributed by atoms with Crippen molar-refractivity contribution in [2.24, 2.45) is 13.0 Å². The molecule has 2 aliphatic rings. The number of aryl methyl sites for hydroxylation is 1. The van der Waals surface area contributed by atoms with E-state index in [9.17, 15) is 4.79 Å². The fourth-order valence-electron chi connectivity index (χ4n) is 3.47. The van der Waals surface area contributed by atoms with Crippen LogP contribution in [0, 0.1) is 5.92 Å². The van der Waals surface area contributed by atoms with Gasteiger partial charge in [0.1, 0.15) is 0 Å². The molecule has 0 aromatic carbocycles. The van der Waals surface area contributed by atoms with E-state index in [0.717, 1.165) is 50.4 Å². The molecule has 1 saturated carbocycles. The van der Waals surface area contributed by atoms with Gasteiger partial charge in [0.05, 0.1) is 23.9 Å². The maximum absolute atomic E-state index is 12.2. The Balaban J connectivity index is 1.30. The molecule has 0 N–H and O–H groups in total. The fourth-order valence-corrected chi connectivity index (χ4v) is 3.47. The summed E-state index contributed by atoms with van der Waals surface area (Å²) in [4.78, 5) is 20.7. The van der Waals surface area contributed by atoms with Gasteiger partial charge in [-0.2, -0.15) is 15.0 Å². The molecular formula is C17H24N6O. The zero-order chi connectivity index (χ0) is 16.5. The third-order valence-electron chi connectivity index (χ3n) is 5.09. The molecule has 1 aliphatic carbocycles. The van der Waals surface area contributed by atoms with Crippen LogP contribution in [0.1, 0.15) is 43.0 Å². The number of hydrogen-bond acceptors (Lipinski definition) is 5. The van der Waals surface area contributed by atoms with Gasteiger partial charge < -0.3 is 0 Å². The molecule has 4 rings (SSSR count). The van der Waals surface area contributed by atoms with Crippen LogP contribution in [0.3, 0.4) is 0 Å². The highest BCUT2D eigenvalue weighted by Crippen LogP contribution is 2.38. The van der Waals surface area contributed by atoms with Crippen LogP contribution in [-0.2, 0) is 20.1 Å². The van der Waals surface area contributed by atoms with Crippen molar-refractivity contribution in [2.75, 3.05) is 13.1 Å². The predicted octanol–water partition coefficient (Wildman–Crippen LogP) is 1.16. The summed E-state index contributed by atoms with van der Waals surface area (Å²) in [6.07, 6.45) is 8.16. The molecule has 2 aromatic rings. The molecule has 1 aliphatic heterocycles. The molecular weight excluding hydrogens is 304 g/mol. The molecule has 0 radical (unpaired) electrons. The highest BCUT2D eigenvalue weighted by atomic mass is 16.1. The second kappa shape index (κ2) is 6.47. The molecule has 0 spiro atoms. The number of rotatable bonds is 5. The summed E-state index contributed by atoms with van der Waals surface area (Å²) in [7, 11) is 1.84. The van der Waals surface area contributed by atoms with Crippen molar-refractivity contribution in [2.45, 2.75) is 44.7 Å². The van der Waals surface area contributed by atoms with Gasteiger partial charge in [0, 0.05) is 32.1 Å². The fraction of sp³-hybridized carbons (Fsp3) is 0.647. The first-order chi connectivity index (χ1) is 11.7. The van der Waals surface area contributed by atoms with Crippen LogP contribution in [-0.4, -0.2) is 42.5 Å². The van der Waals surface area contributed by atoms with E-state index in [4.69, 9.17) is 0 Å². The third-order valence-corrected chi connectivity index (χ3v) is 5.09. The SMILES string of the molecule is Cn1ncc(CN2CCC(Cn3cnc(C4CC4)cc3=O)CC2)n1. The Labute approximate surface area is 141 Å².